The van der Waals surface area contributed by atoms with E-state index in [2.05, 4.69) is 23.3 Å². The van der Waals surface area contributed by atoms with Crippen molar-refractivity contribution >= 4 is 33.4 Å². The molecule has 340 valence electrons. The number of aliphatic hydroxyl groups excluding tert-OH is 2. The highest BCUT2D eigenvalue weighted by molar-refractivity contribution is 7.89. The summed E-state index contributed by atoms with van der Waals surface area (Å²) in [6, 6.07) is 10.4. The first-order valence-corrected chi connectivity index (χ1v) is 23.7. The van der Waals surface area contributed by atoms with Gasteiger partial charge < -0.3 is 44.6 Å². The van der Waals surface area contributed by atoms with Crippen LogP contribution in [0.3, 0.4) is 0 Å². The maximum atomic E-state index is 15.2. The molecule has 2 heterocycles. The minimum atomic E-state index is -4.29. The zero-order valence-electron chi connectivity index (χ0n) is 36.3. The second kappa shape index (κ2) is 21.8. The summed E-state index contributed by atoms with van der Waals surface area (Å²) in [5, 5.41) is 30.1. The van der Waals surface area contributed by atoms with E-state index in [1.165, 1.54) is 23.4 Å². The van der Waals surface area contributed by atoms with Gasteiger partial charge in [-0.25, -0.2) is 13.2 Å². The molecule has 4 aliphatic rings. The van der Waals surface area contributed by atoms with Crippen molar-refractivity contribution in [2.75, 3.05) is 44.8 Å². The van der Waals surface area contributed by atoms with Crippen molar-refractivity contribution in [2.45, 2.75) is 120 Å². The lowest BCUT2D eigenvalue weighted by Gasteiger charge is -2.59. The Morgan fingerprint density at radius 2 is 1.81 bits per heavy atom. The van der Waals surface area contributed by atoms with Crippen molar-refractivity contribution in [3.8, 4) is 11.5 Å². The summed E-state index contributed by atoms with van der Waals surface area (Å²) in [4.78, 5) is 30.8. The van der Waals surface area contributed by atoms with Crippen LogP contribution < -0.4 is 20.1 Å². The van der Waals surface area contributed by atoms with Crippen LogP contribution in [0.15, 0.2) is 76.8 Å². The van der Waals surface area contributed by atoms with Crippen molar-refractivity contribution in [3.63, 3.8) is 0 Å². The number of allylic oxidation sites excluding steroid dienone is 1. The molecule has 1 saturated heterocycles. The largest absolute Gasteiger partial charge is 0.460 e. The Hall–Kier alpha value is -4.32. The molecule has 2 fully saturated rings. The topological polar surface area (TPSA) is 195 Å². The lowest BCUT2D eigenvalue weighted by molar-refractivity contribution is -0.251. The van der Waals surface area contributed by atoms with Gasteiger partial charge in [0.25, 0.3) is 0 Å². The van der Waals surface area contributed by atoms with Crippen LogP contribution >= 0.6 is 0 Å². The van der Waals surface area contributed by atoms with Gasteiger partial charge in [-0.05, 0) is 112 Å². The molecule has 15 nitrogen and oxygen atoms in total. The lowest BCUT2D eigenvalue weighted by Crippen LogP contribution is -2.70. The minimum Gasteiger partial charge on any atom is -0.460 e. The summed E-state index contributed by atoms with van der Waals surface area (Å²) in [6.07, 6.45) is 9.83. The number of hydrogen-bond acceptors (Lipinski definition) is 12. The maximum Gasteiger partial charge on any atom is 0.412 e. The molecule has 4 N–H and O–H groups in total. The predicted molar refractivity (Wildman–Crippen MR) is 234 cm³/mol. The molecule has 2 aliphatic carbocycles. The summed E-state index contributed by atoms with van der Waals surface area (Å²) in [7, 11) is -4.29. The smallest absolute Gasteiger partial charge is 0.412 e. The number of carbonyl (C=O) groups is 2. The fourth-order valence-corrected chi connectivity index (χ4v) is 11.3. The molecule has 1 unspecified atom stereocenters. The molecule has 16 heteroatoms. The number of ether oxygens (including phenoxy) is 4. The molecule has 7 atom stereocenters. The van der Waals surface area contributed by atoms with E-state index in [0.717, 1.165) is 36.8 Å². The summed E-state index contributed by atoms with van der Waals surface area (Å²) < 4.78 is 57.8. The van der Waals surface area contributed by atoms with Gasteiger partial charge in [0.2, 0.25) is 28.0 Å². The van der Waals surface area contributed by atoms with Crippen LogP contribution in [-0.4, -0.2) is 98.3 Å². The molecular formula is C46H64N4O11S. The summed E-state index contributed by atoms with van der Waals surface area (Å²) in [5.74, 6) is -2.29. The monoisotopic (exact) mass is 880 g/mol. The van der Waals surface area contributed by atoms with E-state index in [9.17, 15) is 19.8 Å². The Labute approximate surface area is 365 Å². The number of amides is 2. The van der Waals surface area contributed by atoms with Crippen molar-refractivity contribution in [1.82, 2.24) is 9.62 Å². The third kappa shape index (κ3) is 10.5. The number of fused-ring (bicyclic) bond motifs is 2. The third-order valence-corrected chi connectivity index (χ3v) is 14.1. The number of benzene rings is 2. The number of hydrogen-bond donors (Lipinski definition) is 4. The van der Waals surface area contributed by atoms with Gasteiger partial charge in [-0.3, -0.25) is 4.79 Å². The number of carbonyl (C=O) groups excluding carboxylic acids is 2. The lowest BCUT2D eigenvalue weighted by atomic mass is 9.55. The second-order valence-electron chi connectivity index (χ2n) is 16.4. The minimum absolute atomic E-state index is 0.0278. The normalized spacial score (nSPS) is 26.1. The van der Waals surface area contributed by atoms with E-state index in [-0.39, 0.29) is 61.3 Å². The van der Waals surface area contributed by atoms with Gasteiger partial charge in [0.05, 0.1) is 35.8 Å². The summed E-state index contributed by atoms with van der Waals surface area (Å²) in [5.41, 5.74) is 2.60. The Balaban J connectivity index is 1.61. The number of aliphatic hydroxyl groups is 2. The van der Waals surface area contributed by atoms with Gasteiger partial charge in [0.1, 0.15) is 11.5 Å². The van der Waals surface area contributed by atoms with Gasteiger partial charge >= 0.3 is 6.09 Å². The van der Waals surface area contributed by atoms with Crippen LogP contribution in [0.2, 0.25) is 0 Å². The van der Waals surface area contributed by atoms with Gasteiger partial charge in [0.15, 0.2) is 0 Å². The standard InChI is InChI=1S/C46H64N4O11S/c1-5-23-50(62(55,56)35-20-17-33(18-21-35)48-31(4)53)41-30-39(49-61-42-16-10-13-27-57-42)37-28-32(14-8-11-24-51)36(15-9-12-25-52)43-38-29-34(59-45(54)47-7-3)19-22-40(38)60-46(41,44(37)43)58-26-6-2/h6,17-22,28-29,32,36,41-44,51-52H,2,5,7-16,23-27,30H2,1,3-4H3,(H,47,54)(H,48,53)/t32-,36+,41-,42?,43+,44+,46+/m0/s1. The quantitative estimate of drug-likeness (QED) is 0.0572. The SMILES string of the molecule is C=CCO[C@@]12Oc3ccc(OC(=O)NCC)cc3[C@H]3[C@H](CCCCO)[C@@H](CCCCO)C=C(C(=NOC4CCCCO4)C[C@@H]1N(CCC)S(=O)(=O)c1ccc(NC(C)=O)cc1)[C@H]32. The Morgan fingerprint density at radius 1 is 1.05 bits per heavy atom. The Morgan fingerprint density at radius 3 is 2.47 bits per heavy atom. The van der Waals surface area contributed by atoms with E-state index < -0.39 is 40.2 Å². The average molecular weight is 881 g/mol. The molecule has 0 bridgehead atoms. The third-order valence-electron chi connectivity index (χ3n) is 12.2. The molecule has 62 heavy (non-hydrogen) atoms. The van der Waals surface area contributed by atoms with Crippen LogP contribution in [0, 0.1) is 17.8 Å². The van der Waals surface area contributed by atoms with Gasteiger partial charge in [-0.1, -0.05) is 37.1 Å². The molecule has 6 rings (SSSR count). The first-order chi connectivity index (χ1) is 30.0. The van der Waals surface area contributed by atoms with Crippen LogP contribution in [0.1, 0.15) is 103 Å². The molecule has 2 aromatic carbocycles. The predicted octanol–water partition coefficient (Wildman–Crippen LogP) is 7.01. The van der Waals surface area contributed by atoms with Gasteiger partial charge in [-0.2, -0.15) is 4.31 Å². The van der Waals surface area contributed by atoms with E-state index in [4.69, 9.17) is 28.9 Å². The highest BCUT2D eigenvalue weighted by Crippen LogP contribution is 2.62. The molecule has 2 aromatic rings. The second-order valence-corrected chi connectivity index (χ2v) is 18.3. The zero-order valence-corrected chi connectivity index (χ0v) is 37.1. The number of anilines is 1. The number of nitrogens with zero attached hydrogens (tertiary/aromatic N) is 2. The van der Waals surface area contributed by atoms with Crippen LogP contribution in [-0.2, 0) is 29.1 Å². The van der Waals surface area contributed by atoms with E-state index in [1.807, 2.05) is 13.0 Å². The van der Waals surface area contributed by atoms with Crippen molar-refractivity contribution in [3.05, 3.63) is 72.3 Å². The zero-order chi connectivity index (χ0) is 44.3. The van der Waals surface area contributed by atoms with Crippen molar-refractivity contribution in [1.29, 1.82) is 0 Å². The van der Waals surface area contributed by atoms with Gasteiger partial charge in [-0.15, -0.1) is 6.58 Å². The summed E-state index contributed by atoms with van der Waals surface area (Å²) in [6.45, 7) is 10.2. The highest BCUT2D eigenvalue weighted by Gasteiger charge is 2.66. The van der Waals surface area contributed by atoms with Crippen molar-refractivity contribution in [2.24, 2.45) is 22.9 Å². The average Bonchev–Trinajstić information content (AvgIpc) is 3.26. The van der Waals surface area contributed by atoms with Crippen molar-refractivity contribution < 1.29 is 52.0 Å². The molecule has 0 spiro atoms. The highest BCUT2D eigenvalue weighted by atomic mass is 32.2. The fraction of sp³-hybridized carbons (Fsp3) is 0.587. The van der Waals surface area contributed by atoms with E-state index >= 15 is 8.42 Å². The molecule has 1 saturated carbocycles. The van der Waals surface area contributed by atoms with Crippen LogP contribution in [0.5, 0.6) is 11.5 Å². The Bertz CT molecular complexity index is 2020. The first kappa shape index (κ1) is 47.2. The molecular weight excluding hydrogens is 817 g/mol. The fourth-order valence-electron chi connectivity index (χ4n) is 9.60. The molecule has 2 amide bonds. The van der Waals surface area contributed by atoms with Crippen LogP contribution in [0.4, 0.5) is 10.5 Å². The maximum absolute atomic E-state index is 15.2. The number of rotatable bonds is 21. The van der Waals surface area contributed by atoms with Crippen LogP contribution in [0.25, 0.3) is 0 Å². The van der Waals surface area contributed by atoms with E-state index in [1.54, 1.807) is 37.3 Å². The Kier molecular flexibility index (Phi) is 16.6. The molecule has 0 aromatic heterocycles. The molecule has 0 radical (unpaired) electrons. The number of nitrogens with one attached hydrogen (secondary N) is 2. The first-order valence-electron chi connectivity index (χ1n) is 22.2. The van der Waals surface area contributed by atoms with Gasteiger partial charge in [0, 0.05) is 63.2 Å². The molecule has 2 aliphatic heterocycles. The van der Waals surface area contributed by atoms with E-state index in [0.29, 0.717) is 74.6 Å². The number of unbranched alkanes of at least 4 members (excludes halogenated alkanes) is 2. The summed E-state index contributed by atoms with van der Waals surface area (Å²) >= 11 is 0. The number of sulfonamides is 1. The number of oxime groups is 1.